The number of likely N-dealkylation sites (tertiary alicyclic amines) is 1. The van der Waals surface area contributed by atoms with Gasteiger partial charge in [-0.25, -0.2) is 0 Å². The Morgan fingerprint density at radius 3 is 2.42 bits per heavy atom. The Morgan fingerprint density at radius 1 is 1.05 bits per heavy atom. The number of benzene rings is 1. The lowest BCUT2D eigenvalue weighted by Gasteiger charge is -2.26. The SMILES string of the molecule is CC(C)(C)OCc1cccc(CN2CCCCC2)c1. The highest BCUT2D eigenvalue weighted by atomic mass is 16.5. The van der Waals surface area contributed by atoms with E-state index in [-0.39, 0.29) is 5.60 Å². The molecule has 0 bridgehead atoms. The van der Waals surface area contributed by atoms with Crippen LogP contribution in [0.3, 0.4) is 0 Å². The molecule has 1 fully saturated rings. The Bertz CT molecular complexity index is 388. The molecule has 1 heterocycles. The van der Waals surface area contributed by atoms with Crippen molar-refractivity contribution < 1.29 is 4.74 Å². The van der Waals surface area contributed by atoms with Crippen molar-refractivity contribution >= 4 is 0 Å². The normalized spacial score (nSPS) is 17.6. The van der Waals surface area contributed by atoms with Gasteiger partial charge in [-0.15, -0.1) is 0 Å². The van der Waals surface area contributed by atoms with E-state index in [1.807, 2.05) is 0 Å². The molecule has 1 aliphatic heterocycles. The maximum absolute atomic E-state index is 5.85. The van der Waals surface area contributed by atoms with Crippen LogP contribution in [-0.2, 0) is 17.9 Å². The molecule has 0 saturated carbocycles. The summed E-state index contributed by atoms with van der Waals surface area (Å²) in [5.74, 6) is 0. The van der Waals surface area contributed by atoms with Crippen molar-refractivity contribution in [3.8, 4) is 0 Å². The Kier molecular flexibility index (Phi) is 5.00. The number of ether oxygens (including phenoxy) is 1. The van der Waals surface area contributed by atoms with Crippen molar-refractivity contribution in [2.45, 2.75) is 58.8 Å². The van der Waals surface area contributed by atoms with Crippen LogP contribution in [0.1, 0.15) is 51.2 Å². The third-order valence-corrected chi connectivity index (χ3v) is 3.52. The average Bonchev–Trinajstić information content (AvgIpc) is 2.37. The van der Waals surface area contributed by atoms with E-state index >= 15 is 0 Å². The molecule has 2 nitrogen and oxygen atoms in total. The van der Waals surface area contributed by atoms with E-state index < -0.39 is 0 Å². The lowest BCUT2D eigenvalue weighted by atomic mass is 10.1. The van der Waals surface area contributed by atoms with Crippen molar-refractivity contribution in [3.05, 3.63) is 35.4 Å². The monoisotopic (exact) mass is 261 g/mol. The summed E-state index contributed by atoms with van der Waals surface area (Å²) in [6, 6.07) is 8.83. The number of nitrogens with zero attached hydrogens (tertiary/aromatic N) is 1. The molecule has 0 spiro atoms. The summed E-state index contributed by atoms with van der Waals surface area (Å²) in [6.45, 7) is 10.6. The third-order valence-electron chi connectivity index (χ3n) is 3.52. The van der Waals surface area contributed by atoms with Crippen molar-refractivity contribution in [2.24, 2.45) is 0 Å². The summed E-state index contributed by atoms with van der Waals surface area (Å²) in [6.07, 6.45) is 4.11. The Hall–Kier alpha value is -0.860. The van der Waals surface area contributed by atoms with Crippen LogP contribution >= 0.6 is 0 Å². The van der Waals surface area contributed by atoms with Gasteiger partial charge in [0.25, 0.3) is 0 Å². The van der Waals surface area contributed by atoms with E-state index in [0.717, 1.165) is 6.54 Å². The predicted octanol–water partition coefficient (Wildman–Crippen LogP) is 3.99. The first-order valence-corrected chi connectivity index (χ1v) is 7.47. The molecule has 0 aromatic heterocycles. The molecule has 0 N–H and O–H groups in total. The van der Waals surface area contributed by atoms with Gasteiger partial charge in [0.15, 0.2) is 0 Å². The number of hydrogen-bond acceptors (Lipinski definition) is 2. The van der Waals surface area contributed by atoms with E-state index in [2.05, 4.69) is 49.9 Å². The highest BCUT2D eigenvalue weighted by molar-refractivity contribution is 5.23. The van der Waals surface area contributed by atoms with Crippen LogP contribution in [0, 0.1) is 0 Å². The zero-order valence-electron chi connectivity index (χ0n) is 12.6. The fraction of sp³-hybridized carbons (Fsp3) is 0.647. The highest BCUT2D eigenvalue weighted by Gasteiger charge is 2.12. The third kappa shape index (κ3) is 5.33. The summed E-state index contributed by atoms with van der Waals surface area (Å²) < 4.78 is 5.85. The zero-order chi connectivity index (χ0) is 13.7. The van der Waals surface area contributed by atoms with Gasteiger partial charge in [0, 0.05) is 6.54 Å². The van der Waals surface area contributed by atoms with Crippen LogP contribution in [-0.4, -0.2) is 23.6 Å². The lowest BCUT2D eigenvalue weighted by molar-refractivity contribution is -0.0150. The first-order valence-electron chi connectivity index (χ1n) is 7.47. The molecule has 0 radical (unpaired) electrons. The topological polar surface area (TPSA) is 12.5 Å². The van der Waals surface area contributed by atoms with Gasteiger partial charge < -0.3 is 4.74 Å². The molecule has 0 atom stereocenters. The first-order chi connectivity index (χ1) is 9.03. The highest BCUT2D eigenvalue weighted by Crippen LogP contribution is 2.16. The molecule has 1 aromatic rings. The van der Waals surface area contributed by atoms with E-state index in [1.165, 1.54) is 43.5 Å². The molecule has 0 unspecified atom stereocenters. The first kappa shape index (κ1) is 14.5. The fourth-order valence-corrected chi connectivity index (χ4v) is 2.49. The average molecular weight is 261 g/mol. The minimum absolute atomic E-state index is 0.0666. The van der Waals surface area contributed by atoms with Crippen LogP contribution in [0.2, 0.25) is 0 Å². The number of piperidine rings is 1. The molecule has 19 heavy (non-hydrogen) atoms. The molecule has 2 heteroatoms. The molecule has 1 aliphatic rings. The second-order valence-electron chi connectivity index (χ2n) is 6.56. The standard InChI is InChI=1S/C17H27NO/c1-17(2,3)19-14-16-9-7-8-15(12-16)13-18-10-5-4-6-11-18/h7-9,12H,4-6,10-11,13-14H2,1-3H3. The van der Waals surface area contributed by atoms with E-state index in [4.69, 9.17) is 4.74 Å². The van der Waals surface area contributed by atoms with Gasteiger partial charge in [0.2, 0.25) is 0 Å². The van der Waals surface area contributed by atoms with Gasteiger partial charge in [-0.3, -0.25) is 4.90 Å². The minimum Gasteiger partial charge on any atom is -0.371 e. The van der Waals surface area contributed by atoms with Gasteiger partial charge >= 0.3 is 0 Å². The molecular weight excluding hydrogens is 234 g/mol. The Morgan fingerprint density at radius 2 is 1.74 bits per heavy atom. The lowest BCUT2D eigenvalue weighted by Crippen LogP contribution is -2.29. The molecule has 106 valence electrons. The maximum atomic E-state index is 5.85. The van der Waals surface area contributed by atoms with Gasteiger partial charge in [-0.05, 0) is 57.8 Å². The van der Waals surface area contributed by atoms with Gasteiger partial charge in [-0.2, -0.15) is 0 Å². The number of rotatable bonds is 4. The largest absolute Gasteiger partial charge is 0.371 e. The van der Waals surface area contributed by atoms with Crippen LogP contribution in [0.15, 0.2) is 24.3 Å². The molecule has 0 aliphatic carbocycles. The van der Waals surface area contributed by atoms with Gasteiger partial charge in [0.05, 0.1) is 12.2 Å². The smallest absolute Gasteiger partial charge is 0.0724 e. The van der Waals surface area contributed by atoms with Gasteiger partial charge in [-0.1, -0.05) is 30.7 Å². The summed E-state index contributed by atoms with van der Waals surface area (Å²) in [4.78, 5) is 2.56. The van der Waals surface area contributed by atoms with Crippen molar-refractivity contribution in [2.75, 3.05) is 13.1 Å². The fourth-order valence-electron chi connectivity index (χ4n) is 2.49. The summed E-state index contributed by atoms with van der Waals surface area (Å²) in [5, 5.41) is 0. The second-order valence-corrected chi connectivity index (χ2v) is 6.56. The molecule has 1 saturated heterocycles. The van der Waals surface area contributed by atoms with Crippen molar-refractivity contribution in [3.63, 3.8) is 0 Å². The molecular formula is C17H27NO. The van der Waals surface area contributed by atoms with Crippen molar-refractivity contribution in [1.82, 2.24) is 4.90 Å². The Balaban J connectivity index is 1.90. The molecule has 0 amide bonds. The van der Waals surface area contributed by atoms with Crippen molar-refractivity contribution in [1.29, 1.82) is 0 Å². The number of hydrogen-bond donors (Lipinski definition) is 0. The minimum atomic E-state index is -0.0666. The summed E-state index contributed by atoms with van der Waals surface area (Å²) in [5.41, 5.74) is 2.63. The molecule has 1 aromatic carbocycles. The zero-order valence-corrected chi connectivity index (χ0v) is 12.6. The maximum Gasteiger partial charge on any atom is 0.0724 e. The predicted molar refractivity (Wildman–Crippen MR) is 80.1 cm³/mol. The summed E-state index contributed by atoms with van der Waals surface area (Å²) in [7, 11) is 0. The van der Waals surface area contributed by atoms with Gasteiger partial charge in [0.1, 0.15) is 0 Å². The second kappa shape index (κ2) is 6.53. The van der Waals surface area contributed by atoms with E-state index in [1.54, 1.807) is 0 Å². The van der Waals surface area contributed by atoms with Crippen LogP contribution in [0.5, 0.6) is 0 Å². The quantitative estimate of drug-likeness (QED) is 0.812. The van der Waals surface area contributed by atoms with Crippen LogP contribution in [0.4, 0.5) is 0 Å². The van der Waals surface area contributed by atoms with E-state index in [9.17, 15) is 0 Å². The summed E-state index contributed by atoms with van der Waals surface area (Å²) >= 11 is 0. The molecule has 2 rings (SSSR count). The Labute approximate surface area is 117 Å². The van der Waals surface area contributed by atoms with Crippen LogP contribution in [0.25, 0.3) is 0 Å². The van der Waals surface area contributed by atoms with E-state index in [0.29, 0.717) is 6.61 Å². The van der Waals surface area contributed by atoms with Crippen LogP contribution < -0.4 is 0 Å².